The molecule has 0 spiro atoms. The minimum absolute atomic E-state index is 1.07. The number of hydrogen-bond acceptors (Lipinski definition) is 1. The number of para-hydroxylation sites is 1. The summed E-state index contributed by atoms with van der Waals surface area (Å²) in [5, 5.41) is 1.20. The number of pyridine rings is 1. The predicted octanol–water partition coefficient (Wildman–Crippen LogP) is 4.21. The van der Waals surface area contributed by atoms with Crippen LogP contribution in [0.25, 0.3) is 22.0 Å². The predicted molar refractivity (Wildman–Crippen MR) is 71.9 cm³/mol. The lowest BCUT2D eigenvalue weighted by molar-refractivity contribution is 1.33. The van der Waals surface area contributed by atoms with E-state index >= 15 is 0 Å². The van der Waals surface area contributed by atoms with Gasteiger partial charge in [-0.1, -0.05) is 48.5 Å². The number of fused-ring (bicyclic) bond motifs is 1. The van der Waals surface area contributed by atoms with Gasteiger partial charge in [0, 0.05) is 17.1 Å². The molecule has 3 aromatic rings. The van der Waals surface area contributed by atoms with E-state index in [2.05, 4.69) is 60.4 Å². The van der Waals surface area contributed by atoms with Crippen LogP contribution in [-0.2, 0) is 0 Å². The van der Waals surface area contributed by atoms with E-state index in [9.17, 15) is 0 Å². The van der Waals surface area contributed by atoms with Crippen LogP contribution in [0.1, 0.15) is 5.56 Å². The number of aromatic nitrogens is 1. The Morgan fingerprint density at radius 2 is 1.71 bits per heavy atom. The average molecular weight is 219 g/mol. The Labute approximate surface area is 101 Å². The maximum atomic E-state index is 4.56. The summed E-state index contributed by atoms with van der Waals surface area (Å²) in [6, 6.07) is 18.9. The summed E-state index contributed by atoms with van der Waals surface area (Å²) in [5.74, 6) is 0. The van der Waals surface area contributed by atoms with Gasteiger partial charge >= 0.3 is 0 Å². The molecule has 0 aliphatic rings. The van der Waals surface area contributed by atoms with Crippen LogP contribution in [-0.4, -0.2) is 4.98 Å². The standard InChI is InChI=1S/C16H13N/c1-12-10-14-8-5-9-15(16(14)17-11-12)13-6-3-2-4-7-13/h2-11H,1H3. The van der Waals surface area contributed by atoms with E-state index < -0.39 is 0 Å². The minimum atomic E-state index is 1.07. The van der Waals surface area contributed by atoms with Gasteiger partial charge in [0.05, 0.1) is 5.52 Å². The zero-order chi connectivity index (χ0) is 11.7. The number of rotatable bonds is 1. The summed E-state index contributed by atoms with van der Waals surface area (Å²) in [4.78, 5) is 4.56. The summed E-state index contributed by atoms with van der Waals surface area (Å²) in [6.45, 7) is 2.07. The molecule has 1 heterocycles. The van der Waals surface area contributed by atoms with Crippen LogP contribution in [0.4, 0.5) is 0 Å². The molecule has 0 atom stereocenters. The highest BCUT2D eigenvalue weighted by molar-refractivity contribution is 5.93. The van der Waals surface area contributed by atoms with Crippen LogP contribution in [0.5, 0.6) is 0 Å². The summed E-state index contributed by atoms with van der Waals surface area (Å²) < 4.78 is 0. The maximum absolute atomic E-state index is 4.56. The van der Waals surface area contributed by atoms with Gasteiger partial charge in [-0.3, -0.25) is 4.98 Å². The molecule has 0 aliphatic heterocycles. The number of hydrogen-bond donors (Lipinski definition) is 0. The topological polar surface area (TPSA) is 12.9 Å². The lowest BCUT2D eigenvalue weighted by Crippen LogP contribution is -1.85. The Morgan fingerprint density at radius 3 is 2.53 bits per heavy atom. The quantitative estimate of drug-likeness (QED) is 0.597. The average Bonchev–Trinajstić information content (AvgIpc) is 2.39. The van der Waals surface area contributed by atoms with E-state index in [4.69, 9.17) is 0 Å². The molecule has 0 saturated heterocycles. The van der Waals surface area contributed by atoms with Gasteiger partial charge in [-0.15, -0.1) is 0 Å². The van der Waals surface area contributed by atoms with Gasteiger partial charge < -0.3 is 0 Å². The Balaban J connectivity index is 2.31. The summed E-state index contributed by atoms with van der Waals surface area (Å²) in [7, 11) is 0. The van der Waals surface area contributed by atoms with Crippen molar-refractivity contribution in [3.05, 3.63) is 66.4 Å². The molecule has 0 saturated carbocycles. The third kappa shape index (κ3) is 1.80. The van der Waals surface area contributed by atoms with Crippen LogP contribution in [0.3, 0.4) is 0 Å². The summed E-state index contributed by atoms with van der Waals surface area (Å²) >= 11 is 0. The second-order valence-electron chi connectivity index (χ2n) is 4.26. The molecular weight excluding hydrogens is 206 g/mol. The zero-order valence-electron chi connectivity index (χ0n) is 9.72. The van der Waals surface area contributed by atoms with Crippen LogP contribution in [0.15, 0.2) is 60.8 Å². The zero-order valence-corrected chi connectivity index (χ0v) is 9.72. The van der Waals surface area contributed by atoms with Crippen molar-refractivity contribution in [2.45, 2.75) is 6.92 Å². The molecule has 0 unspecified atom stereocenters. The SMILES string of the molecule is Cc1cnc2c(-c3ccccc3)cccc2c1. The van der Waals surface area contributed by atoms with Crippen molar-refractivity contribution >= 4 is 10.9 Å². The smallest absolute Gasteiger partial charge is 0.0780 e. The Morgan fingerprint density at radius 1 is 0.882 bits per heavy atom. The van der Waals surface area contributed by atoms with Crippen molar-refractivity contribution in [1.82, 2.24) is 4.98 Å². The number of benzene rings is 2. The fraction of sp³-hybridized carbons (Fsp3) is 0.0625. The second-order valence-corrected chi connectivity index (χ2v) is 4.26. The molecule has 0 radical (unpaired) electrons. The van der Waals surface area contributed by atoms with E-state index in [0.717, 1.165) is 5.52 Å². The van der Waals surface area contributed by atoms with E-state index in [1.807, 2.05) is 12.3 Å². The summed E-state index contributed by atoms with van der Waals surface area (Å²) in [5.41, 5.74) is 4.68. The molecule has 82 valence electrons. The summed E-state index contributed by atoms with van der Waals surface area (Å²) in [6.07, 6.45) is 1.93. The van der Waals surface area contributed by atoms with E-state index in [1.165, 1.54) is 22.1 Å². The van der Waals surface area contributed by atoms with Crippen molar-refractivity contribution in [1.29, 1.82) is 0 Å². The number of aryl methyl sites for hydroxylation is 1. The maximum Gasteiger partial charge on any atom is 0.0780 e. The van der Waals surface area contributed by atoms with Crippen LogP contribution >= 0.6 is 0 Å². The largest absolute Gasteiger partial charge is 0.255 e. The van der Waals surface area contributed by atoms with Crippen LogP contribution in [0, 0.1) is 6.92 Å². The first-order valence-corrected chi connectivity index (χ1v) is 5.75. The highest BCUT2D eigenvalue weighted by atomic mass is 14.7. The molecule has 2 aromatic carbocycles. The van der Waals surface area contributed by atoms with Crippen molar-refractivity contribution < 1.29 is 0 Å². The van der Waals surface area contributed by atoms with Crippen molar-refractivity contribution in [3.8, 4) is 11.1 Å². The van der Waals surface area contributed by atoms with Gasteiger partial charge in [0.15, 0.2) is 0 Å². The van der Waals surface area contributed by atoms with Gasteiger partial charge in [-0.2, -0.15) is 0 Å². The Hall–Kier alpha value is -2.15. The molecule has 1 aromatic heterocycles. The molecule has 3 rings (SSSR count). The van der Waals surface area contributed by atoms with Gasteiger partial charge in [-0.05, 0) is 24.1 Å². The van der Waals surface area contributed by atoms with Crippen molar-refractivity contribution in [2.24, 2.45) is 0 Å². The fourth-order valence-corrected chi connectivity index (χ4v) is 2.12. The molecule has 1 nitrogen and oxygen atoms in total. The minimum Gasteiger partial charge on any atom is -0.255 e. The van der Waals surface area contributed by atoms with Crippen LogP contribution in [0.2, 0.25) is 0 Å². The first-order valence-electron chi connectivity index (χ1n) is 5.75. The third-order valence-electron chi connectivity index (χ3n) is 2.93. The van der Waals surface area contributed by atoms with Gasteiger partial charge in [0.2, 0.25) is 0 Å². The number of nitrogens with zero attached hydrogens (tertiary/aromatic N) is 1. The van der Waals surface area contributed by atoms with Crippen molar-refractivity contribution in [2.75, 3.05) is 0 Å². The first kappa shape index (κ1) is 10.0. The lowest BCUT2D eigenvalue weighted by Gasteiger charge is -2.06. The van der Waals surface area contributed by atoms with Gasteiger partial charge in [0.25, 0.3) is 0 Å². The molecular formula is C16H13N. The van der Waals surface area contributed by atoms with Crippen LogP contribution < -0.4 is 0 Å². The first-order chi connectivity index (χ1) is 8.34. The molecule has 0 N–H and O–H groups in total. The Kier molecular flexibility index (Phi) is 2.37. The van der Waals surface area contributed by atoms with Crippen molar-refractivity contribution in [3.63, 3.8) is 0 Å². The van der Waals surface area contributed by atoms with Gasteiger partial charge in [-0.25, -0.2) is 0 Å². The van der Waals surface area contributed by atoms with Gasteiger partial charge in [0.1, 0.15) is 0 Å². The monoisotopic (exact) mass is 219 g/mol. The molecule has 0 fully saturated rings. The molecule has 17 heavy (non-hydrogen) atoms. The molecule has 0 bridgehead atoms. The van der Waals surface area contributed by atoms with E-state index in [-0.39, 0.29) is 0 Å². The second kappa shape index (κ2) is 4.02. The highest BCUT2D eigenvalue weighted by Gasteiger charge is 2.03. The lowest BCUT2D eigenvalue weighted by atomic mass is 10.0. The van der Waals surface area contributed by atoms with E-state index in [0.29, 0.717) is 0 Å². The third-order valence-corrected chi connectivity index (χ3v) is 2.93. The molecule has 0 aliphatic carbocycles. The Bertz CT molecular complexity index is 657. The highest BCUT2D eigenvalue weighted by Crippen LogP contribution is 2.27. The van der Waals surface area contributed by atoms with E-state index in [1.54, 1.807) is 0 Å². The molecule has 0 amide bonds. The fourth-order valence-electron chi connectivity index (χ4n) is 2.12. The normalized spacial score (nSPS) is 10.6. The molecule has 1 heteroatoms.